The molecule has 1 aromatic carbocycles. The Morgan fingerprint density at radius 2 is 2.06 bits per heavy atom. The molecule has 1 aromatic heterocycles. The van der Waals surface area contributed by atoms with E-state index >= 15 is 0 Å². The van der Waals surface area contributed by atoms with Gasteiger partial charge in [-0.2, -0.15) is 0 Å². The van der Waals surface area contributed by atoms with Crippen LogP contribution < -0.4 is 10.1 Å². The van der Waals surface area contributed by atoms with Crippen molar-refractivity contribution in [2.75, 3.05) is 5.32 Å². The summed E-state index contributed by atoms with van der Waals surface area (Å²) in [6, 6.07) is 10.9. The third-order valence-corrected chi connectivity index (χ3v) is 2.85. The summed E-state index contributed by atoms with van der Waals surface area (Å²) in [6.45, 7) is 0. The lowest BCUT2D eigenvalue weighted by molar-refractivity contribution is -0.123. The lowest BCUT2D eigenvalue weighted by atomic mass is 10.1. The summed E-state index contributed by atoms with van der Waals surface area (Å²) in [5.41, 5.74) is 0.792. The number of nitrogens with zero attached hydrogens (tertiary/aromatic N) is 1. The van der Waals surface area contributed by atoms with E-state index in [1.165, 1.54) is 6.20 Å². The Morgan fingerprint density at radius 1 is 1.28 bits per heavy atom. The number of pyridine rings is 1. The first-order valence-corrected chi connectivity index (χ1v) is 5.80. The van der Waals surface area contributed by atoms with Gasteiger partial charge in [0.05, 0.1) is 5.02 Å². The van der Waals surface area contributed by atoms with Crippen molar-refractivity contribution in [1.82, 2.24) is 4.98 Å². The fourth-order valence-electron chi connectivity index (χ4n) is 1.81. The maximum absolute atomic E-state index is 11.9. The monoisotopic (exact) mass is 260 g/mol. The zero-order valence-electron chi connectivity index (χ0n) is 9.26. The van der Waals surface area contributed by atoms with Crippen LogP contribution in [0.25, 0.3) is 0 Å². The van der Waals surface area contributed by atoms with Crippen LogP contribution in [-0.4, -0.2) is 10.9 Å². The first-order valence-electron chi connectivity index (χ1n) is 5.42. The first-order chi connectivity index (χ1) is 8.74. The van der Waals surface area contributed by atoms with Crippen molar-refractivity contribution in [2.45, 2.75) is 6.10 Å². The molecule has 1 aliphatic heterocycles. The summed E-state index contributed by atoms with van der Waals surface area (Å²) in [5, 5.41) is 3.17. The molecule has 2 aromatic rings. The van der Waals surface area contributed by atoms with Gasteiger partial charge in [-0.15, -0.1) is 0 Å². The molecule has 1 N–H and O–H groups in total. The van der Waals surface area contributed by atoms with E-state index in [2.05, 4.69) is 10.3 Å². The van der Waals surface area contributed by atoms with E-state index in [1.807, 2.05) is 30.3 Å². The second-order valence-corrected chi connectivity index (χ2v) is 4.33. The van der Waals surface area contributed by atoms with E-state index < -0.39 is 6.10 Å². The fourth-order valence-corrected chi connectivity index (χ4v) is 1.96. The molecule has 1 unspecified atom stereocenters. The maximum Gasteiger partial charge on any atom is 0.271 e. The summed E-state index contributed by atoms with van der Waals surface area (Å²) in [5.74, 6) is 0.649. The predicted molar refractivity (Wildman–Crippen MR) is 67.7 cm³/mol. The molecule has 0 spiro atoms. The largest absolute Gasteiger partial charge is 0.472 e. The van der Waals surface area contributed by atoms with Crippen LogP contribution in [0.1, 0.15) is 11.7 Å². The number of amides is 1. The zero-order valence-corrected chi connectivity index (χ0v) is 10.0. The number of nitrogens with one attached hydrogen (secondary N) is 1. The van der Waals surface area contributed by atoms with Crippen molar-refractivity contribution < 1.29 is 9.53 Å². The molecule has 90 valence electrons. The summed E-state index contributed by atoms with van der Waals surface area (Å²) in [6.07, 6.45) is 0.798. The SMILES string of the molecule is O=C1Nc2ncc(Cl)cc2OC1c1ccccc1. The number of benzene rings is 1. The molecule has 18 heavy (non-hydrogen) atoms. The molecular formula is C13H9ClN2O2. The number of fused-ring (bicyclic) bond motifs is 1. The van der Waals surface area contributed by atoms with Crippen molar-refractivity contribution in [1.29, 1.82) is 0 Å². The normalized spacial score (nSPS) is 17.6. The molecule has 0 fully saturated rings. The van der Waals surface area contributed by atoms with Crippen LogP contribution in [0.15, 0.2) is 42.6 Å². The number of halogens is 1. The molecule has 5 heteroatoms. The van der Waals surface area contributed by atoms with E-state index in [-0.39, 0.29) is 5.91 Å². The Balaban J connectivity index is 1.99. The van der Waals surface area contributed by atoms with Crippen LogP contribution in [0.2, 0.25) is 5.02 Å². The van der Waals surface area contributed by atoms with Crippen molar-refractivity contribution in [3.8, 4) is 5.75 Å². The van der Waals surface area contributed by atoms with Crippen LogP contribution in [-0.2, 0) is 4.79 Å². The quantitative estimate of drug-likeness (QED) is 0.858. The average molecular weight is 261 g/mol. The van der Waals surface area contributed by atoms with Gasteiger partial charge in [0.2, 0.25) is 6.10 Å². The molecule has 0 bridgehead atoms. The van der Waals surface area contributed by atoms with Gasteiger partial charge in [0, 0.05) is 17.8 Å². The highest BCUT2D eigenvalue weighted by molar-refractivity contribution is 6.30. The Bertz CT molecular complexity index is 601. The average Bonchev–Trinajstić information content (AvgIpc) is 2.39. The molecule has 1 atom stereocenters. The van der Waals surface area contributed by atoms with Crippen LogP contribution in [0, 0.1) is 0 Å². The number of aromatic nitrogens is 1. The molecule has 0 aliphatic carbocycles. The van der Waals surface area contributed by atoms with Crippen LogP contribution in [0.5, 0.6) is 5.75 Å². The summed E-state index contributed by atoms with van der Waals surface area (Å²) >= 11 is 5.85. The number of carbonyl (C=O) groups excluding carboxylic acids is 1. The van der Waals surface area contributed by atoms with Gasteiger partial charge in [-0.25, -0.2) is 4.98 Å². The molecule has 0 saturated heterocycles. The first kappa shape index (κ1) is 11.0. The van der Waals surface area contributed by atoms with Crippen molar-refractivity contribution in [2.24, 2.45) is 0 Å². The lowest BCUT2D eigenvalue weighted by Crippen LogP contribution is -2.30. The Labute approximate surface area is 109 Å². The van der Waals surface area contributed by atoms with E-state index in [0.29, 0.717) is 16.6 Å². The van der Waals surface area contributed by atoms with Crippen LogP contribution in [0.4, 0.5) is 5.82 Å². The minimum absolute atomic E-state index is 0.233. The number of rotatable bonds is 1. The summed E-state index contributed by atoms with van der Waals surface area (Å²) in [7, 11) is 0. The van der Waals surface area contributed by atoms with E-state index in [4.69, 9.17) is 16.3 Å². The van der Waals surface area contributed by atoms with Crippen molar-refractivity contribution >= 4 is 23.3 Å². The topological polar surface area (TPSA) is 51.2 Å². The number of ether oxygens (including phenoxy) is 1. The van der Waals surface area contributed by atoms with Gasteiger partial charge in [0.25, 0.3) is 5.91 Å². The molecule has 0 radical (unpaired) electrons. The van der Waals surface area contributed by atoms with Gasteiger partial charge < -0.3 is 10.1 Å². The highest BCUT2D eigenvalue weighted by Crippen LogP contribution is 2.34. The number of hydrogen-bond acceptors (Lipinski definition) is 3. The zero-order chi connectivity index (χ0) is 12.5. The van der Waals surface area contributed by atoms with Crippen LogP contribution in [0.3, 0.4) is 0 Å². The Hall–Kier alpha value is -2.07. The lowest BCUT2D eigenvalue weighted by Gasteiger charge is -2.25. The molecule has 2 heterocycles. The third kappa shape index (κ3) is 1.91. The van der Waals surface area contributed by atoms with E-state index in [9.17, 15) is 4.79 Å². The predicted octanol–water partition coefficient (Wildman–Crippen LogP) is 2.81. The van der Waals surface area contributed by atoms with Crippen molar-refractivity contribution in [3.63, 3.8) is 0 Å². The standard InChI is InChI=1S/C13H9ClN2O2/c14-9-6-10-12(15-7-9)16-13(17)11(18-10)8-4-2-1-3-5-8/h1-7,11H,(H,15,16,17). The molecular weight excluding hydrogens is 252 g/mol. The second-order valence-electron chi connectivity index (χ2n) is 3.90. The van der Waals surface area contributed by atoms with Gasteiger partial charge in [0.1, 0.15) is 0 Å². The van der Waals surface area contributed by atoms with Crippen LogP contribution >= 0.6 is 11.6 Å². The number of anilines is 1. The summed E-state index contributed by atoms with van der Waals surface area (Å²) in [4.78, 5) is 15.9. The molecule has 4 nitrogen and oxygen atoms in total. The van der Waals surface area contributed by atoms with Gasteiger partial charge in [-0.05, 0) is 0 Å². The van der Waals surface area contributed by atoms with Gasteiger partial charge in [-0.3, -0.25) is 4.79 Å². The smallest absolute Gasteiger partial charge is 0.271 e. The fraction of sp³-hybridized carbons (Fsp3) is 0.0769. The number of carbonyl (C=O) groups is 1. The van der Waals surface area contributed by atoms with Gasteiger partial charge in [0.15, 0.2) is 11.6 Å². The van der Waals surface area contributed by atoms with Crippen molar-refractivity contribution in [3.05, 3.63) is 53.2 Å². The highest BCUT2D eigenvalue weighted by atomic mass is 35.5. The van der Waals surface area contributed by atoms with E-state index in [0.717, 1.165) is 5.56 Å². The molecule has 3 rings (SSSR count). The van der Waals surface area contributed by atoms with E-state index in [1.54, 1.807) is 6.07 Å². The summed E-state index contributed by atoms with van der Waals surface area (Å²) < 4.78 is 5.65. The Kier molecular flexibility index (Phi) is 2.64. The van der Waals surface area contributed by atoms with Gasteiger partial charge >= 0.3 is 0 Å². The van der Waals surface area contributed by atoms with Gasteiger partial charge in [-0.1, -0.05) is 41.9 Å². The number of hydrogen-bond donors (Lipinski definition) is 1. The minimum atomic E-state index is -0.668. The molecule has 0 saturated carbocycles. The highest BCUT2D eigenvalue weighted by Gasteiger charge is 2.29. The third-order valence-electron chi connectivity index (χ3n) is 2.65. The Morgan fingerprint density at radius 3 is 2.83 bits per heavy atom. The maximum atomic E-state index is 11.9. The second kappa shape index (κ2) is 4.31. The molecule has 1 amide bonds. The molecule has 1 aliphatic rings. The minimum Gasteiger partial charge on any atom is -0.472 e.